The van der Waals surface area contributed by atoms with Gasteiger partial charge in [0.05, 0.1) is 29.0 Å². The normalized spacial score (nSPS) is 22.5. The SMILES string of the molecule is CC(C)N(C(=O)c1cc(F)ccc1-n1cc(C(=O)C2CCN(C(=O)[C@@H]3NC[C@H]4CC[C@H]43)CC2)c2ccncc21)C(C)C. The van der Waals surface area contributed by atoms with Crippen LogP contribution in [-0.4, -0.2) is 74.7 Å². The number of hydrogen-bond acceptors (Lipinski definition) is 5. The molecule has 2 saturated heterocycles. The minimum absolute atomic E-state index is 0.0241. The van der Waals surface area contributed by atoms with E-state index in [0.717, 1.165) is 18.4 Å². The van der Waals surface area contributed by atoms with Crippen molar-refractivity contribution in [2.45, 2.75) is 71.5 Å². The first-order chi connectivity index (χ1) is 20.2. The predicted octanol–water partition coefficient (Wildman–Crippen LogP) is 4.84. The highest BCUT2D eigenvalue weighted by Gasteiger charge is 2.47. The van der Waals surface area contributed by atoms with Gasteiger partial charge in [-0.3, -0.25) is 19.4 Å². The van der Waals surface area contributed by atoms with Crippen molar-refractivity contribution in [3.63, 3.8) is 0 Å². The van der Waals surface area contributed by atoms with Gasteiger partial charge in [0, 0.05) is 54.4 Å². The molecule has 1 N–H and O–H groups in total. The largest absolute Gasteiger partial charge is 0.341 e. The number of halogens is 1. The van der Waals surface area contributed by atoms with Gasteiger partial charge in [-0.1, -0.05) is 0 Å². The molecule has 0 unspecified atom stereocenters. The molecule has 42 heavy (non-hydrogen) atoms. The van der Waals surface area contributed by atoms with Crippen molar-refractivity contribution in [2.24, 2.45) is 17.8 Å². The van der Waals surface area contributed by atoms with Gasteiger partial charge in [0.25, 0.3) is 5.91 Å². The minimum Gasteiger partial charge on any atom is -0.341 e. The summed E-state index contributed by atoms with van der Waals surface area (Å²) < 4.78 is 16.3. The van der Waals surface area contributed by atoms with Crippen LogP contribution in [0.4, 0.5) is 4.39 Å². The Balaban J connectivity index is 1.27. The maximum atomic E-state index is 14.5. The van der Waals surface area contributed by atoms with Crippen molar-refractivity contribution in [3.8, 4) is 5.69 Å². The lowest BCUT2D eigenvalue weighted by molar-refractivity contribution is -0.136. The molecule has 3 atom stereocenters. The van der Waals surface area contributed by atoms with Crippen LogP contribution in [0.25, 0.3) is 16.6 Å². The summed E-state index contributed by atoms with van der Waals surface area (Å²) in [7, 11) is 0. The predicted molar refractivity (Wildman–Crippen MR) is 159 cm³/mol. The first kappa shape index (κ1) is 28.5. The van der Waals surface area contributed by atoms with E-state index in [9.17, 15) is 18.8 Å². The number of fused-ring (bicyclic) bond motifs is 2. The van der Waals surface area contributed by atoms with E-state index in [4.69, 9.17) is 0 Å². The van der Waals surface area contributed by atoms with Crippen molar-refractivity contribution in [3.05, 3.63) is 59.8 Å². The topological polar surface area (TPSA) is 87.5 Å². The zero-order valence-corrected chi connectivity index (χ0v) is 24.8. The molecule has 1 saturated carbocycles. The molecule has 0 spiro atoms. The summed E-state index contributed by atoms with van der Waals surface area (Å²) in [6.07, 6.45) is 8.66. The average Bonchev–Trinajstić information content (AvgIpc) is 3.48. The number of benzene rings is 1. The van der Waals surface area contributed by atoms with Gasteiger partial charge >= 0.3 is 0 Å². The summed E-state index contributed by atoms with van der Waals surface area (Å²) in [6.45, 7) is 9.84. The fraction of sp³-hybridized carbons (Fsp3) is 0.515. The molecule has 6 rings (SSSR count). The number of aromatic nitrogens is 2. The number of Topliss-reactive ketones (excluding diaryl/α,β-unsaturated/α-hetero) is 1. The van der Waals surface area contributed by atoms with Gasteiger partial charge in [0.1, 0.15) is 5.82 Å². The molecule has 0 bridgehead atoms. The van der Waals surface area contributed by atoms with Crippen LogP contribution in [0.15, 0.2) is 42.9 Å². The molecule has 8 nitrogen and oxygen atoms in total. The Hall–Kier alpha value is -3.59. The molecule has 3 fully saturated rings. The number of carbonyl (C=O) groups excluding carboxylic acids is 3. The van der Waals surface area contributed by atoms with E-state index in [1.807, 2.05) is 38.7 Å². The Morgan fingerprint density at radius 2 is 1.74 bits per heavy atom. The van der Waals surface area contributed by atoms with Crippen LogP contribution in [-0.2, 0) is 4.79 Å². The minimum atomic E-state index is -0.498. The number of amides is 2. The van der Waals surface area contributed by atoms with Gasteiger partial charge < -0.3 is 19.7 Å². The van der Waals surface area contributed by atoms with E-state index in [2.05, 4.69) is 10.3 Å². The third-order valence-electron chi connectivity index (χ3n) is 9.62. The van der Waals surface area contributed by atoms with Gasteiger partial charge in [-0.2, -0.15) is 0 Å². The summed E-state index contributed by atoms with van der Waals surface area (Å²) in [5, 5.41) is 4.17. The second kappa shape index (κ2) is 11.2. The Morgan fingerprint density at radius 3 is 2.38 bits per heavy atom. The highest BCUT2D eigenvalue weighted by atomic mass is 19.1. The van der Waals surface area contributed by atoms with Crippen LogP contribution in [0, 0.1) is 23.6 Å². The van der Waals surface area contributed by atoms with Crippen LogP contribution >= 0.6 is 0 Å². The first-order valence-corrected chi connectivity index (χ1v) is 15.3. The summed E-state index contributed by atoms with van der Waals surface area (Å²) in [4.78, 5) is 48.9. The smallest absolute Gasteiger partial charge is 0.256 e. The zero-order valence-electron chi connectivity index (χ0n) is 24.8. The second-order valence-corrected chi connectivity index (χ2v) is 12.7. The molecule has 2 aliphatic heterocycles. The van der Waals surface area contributed by atoms with Crippen LogP contribution in [0.1, 0.15) is 74.1 Å². The second-order valence-electron chi connectivity index (χ2n) is 12.7. The van der Waals surface area contributed by atoms with Crippen LogP contribution < -0.4 is 5.32 Å². The van der Waals surface area contributed by atoms with Crippen molar-refractivity contribution in [2.75, 3.05) is 19.6 Å². The fourth-order valence-electron chi connectivity index (χ4n) is 7.33. The molecule has 3 aliphatic rings. The highest BCUT2D eigenvalue weighted by molar-refractivity contribution is 6.10. The molecular formula is C33H40FN5O3. The van der Waals surface area contributed by atoms with Gasteiger partial charge in [0.15, 0.2) is 5.78 Å². The van der Waals surface area contributed by atoms with Gasteiger partial charge in [-0.15, -0.1) is 0 Å². The number of rotatable bonds is 7. The summed E-state index contributed by atoms with van der Waals surface area (Å²) in [5.74, 6) is 0.337. The molecule has 2 amide bonds. The van der Waals surface area contributed by atoms with E-state index in [-0.39, 0.29) is 47.2 Å². The molecule has 222 valence electrons. The van der Waals surface area contributed by atoms with E-state index >= 15 is 0 Å². The first-order valence-electron chi connectivity index (χ1n) is 15.3. The number of ketones is 1. The molecule has 9 heteroatoms. The number of nitrogens with one attached hydrogen (secondary N) is 1. The number of carbonyl (C=O) groups is 3. The monoisotopic (exact) mass is 573 g/mol. The third kappa shape index (κ3) is 4.91. The Kier molecular flexibility index (Phi) is 7.64. The number of piperidine rings is 1. The molecule has 0 radical (unpaired) electrons. The maximum Gasteiger partial charge on any atom is 0.256 e. The Bertz CT molecular complexity index is 1520. The fourth-order valence-corrected chi connectivity index (χ4v) is 7.33. The third-order valence-corrected chi connectivity index (χ3v) is 9.62. The van der Waals surface area contributed by atoms with E-state index in [0.29, 0.717) is 54.5 Å². The van der Waals surface area contributed by atoms with Crippen LogP contribution in [0.3, 0.4) is 0 Å². The lowest BCUT2D eigenvalue weighted by atomic mass is 9.72. The van der Waals surface area contributed by atoms with E-state index in [1.54, 1.807) is 34.1 Å². The highest BCUT2D eigenvalue weighted by Crippen LogP contribution is 2.41. The van der Waals surface area contributed by atoms with Gasteiger partial charge in [-0.05, 0) is 96.0 Å². The van der Waals surface area contributed by atoms with Crippen molar-refractivity contribution >= 4 is 28.5 Å². The molecular weight excluding hydrogens is 533 g/mol. The van der Waals surface area contributed by atoms with Gasteiger partial charge in [-0.25, -0.2) is 4.39 Å². The Morgan fingerprint density at radius 1 is 1.00 bits per heavy atom. The maximum absolute atomic E-state index is 14.5. The van der Waals surface area contributed by atoms with Crippen molar-refractivity contribution in [1.29, 1.82) is 0 Å². The number of likely N-dealkylation sites (tertiary alicyclic amines) is 1. The standard InChI is InChI=1S/C33H40FN5O3/c1-19(2)39(20(3)4)32(41)26-15-23(34)6-8-28(26)38-18-27(25-9-12-35-17-29(25)38)31(40)21-10-13-37(14-11-21)33(42)30-24-7-5-22(24)16-36-30/h6,8-9,12,15,17-22,24,30,36H,5,7,10-11,13-14,16H2,1-4H3/t22-,24-,30-/m1/s1. The summed E-state index contributed by atoms with van der Waals surface area (Å²) in [6, 6.07) is 5.79. The van der Waals surface area contributed by atoms with Crippen LogP contribution in [0.2, 0.25) is 0 Å². The van der Waals surface area contributed by atoms with Crippen molar-refractivity contribution in [1.82, 2.24) is 24.7 Å². The van der Waals surface area contributed by atoms with E-state index < -0.39 is 5.82 Å². The zero-order chi connectivity index (χ0) is 29.7. The lowest BCUT2D eigenvalue weighted by Gasteiger charge is -2.37. The molecule has 4 heterocycles. The number of pyridine rings is 1. The number of nitrogens with zero attached hydrogens (tertiary/aromatic N) is 4. The Labute approximate surface area is 246 Å². The quantitative estimate of drug-likeness (QED) is 0.409. The van der Waals surface area contributed by atoms with E-state index in [1.165, 1.54) is 18.6 Å². The van der Waals surface area contributed by atoms with Crippen molar-refractivity contribution < 1.29 is 18.8 Å². The summed E-state index contributed by atoms with van der Waals surface area (Å²) >= 11 is 0. The molecule has 1 aliphatic carbocycles. The molecule has 1 aromatic carbocycles. The lowest BCUT2D eigenvalue weighted by Crippen LogP contribution is -2.50. The average molecular weight is 574 g/mol. The van der Waals surface area contributed by atoms with Crippen LogP contribution in [0.5, 0.6) is 0 Å². The number of hydrogen-bond donors (Lipinski definition) is 1. The molecule has 3 aromatic rings. The van der Waals surface area contributed by atoms with Gasteiger partial charge in [0.2, 0.25) is 5.91 Å². The summed E-state index contributed by atoms with van der Waals surface area (Å²) in [5.41, 5.74) is 1.97. The molecule has 2 aromatic heterocycles.